The Hall–Kier alpha value is -1.89. The third kappa shape index (κ3) is 3.56. The van der Waals surface area contributed by atoms with E-state index in [4.69, 9.17) is 4.52 Å². The predicted octanol–water partition coefficient (Wildman–Crippen LogP) is 1.77. The molecule has 1 aromatic heterocycles. The van der Waals surface area contributed by atoms with Gasteiger partial charge in [-0.25, -0.2) is 0 Å². The highest BCUT2D eigenvalue weighted by Gasteiger charge is 2.48. The number of hydrogen-bond acceptors (Lipinski definition) is 5. The Morgan fingerprint density at radius 1 is 1.11 bits per heavy atom. The maximum Gasteiger partial charge on any atom is 0.239 e. The van der Waals surface area contributed by atoms with Gasteiger partial charge in [0.1, 0.15) is 5.76 Å². The summed E-state index contributed by atoms with van der Waals surface area (Å²) >= 11 is 0. The van der Waals surface area contributed by atoms with Gasteiger partial charge in [-0.2, -0.15) is 0 Å². The number of aromatic nitrogens is 1. The van der Waals surface area contributed by atoms with E-state index in [0.717, 1.165) is 81.8 Å². The Balaban J connectivity index is 1.34. The third-order valence-electron chi connectivity index (χ3n) is 7.13. The van der Waals surface area contributed by atoms with E-state index >= 15 is 0 Å². The smallest absolute Gasteiger partial charge is 0.239 e. The first-order valence-electron chi connectivity index (χ1n) is 10.6. The van der Waals surface area contributed by atoms with E-state index in [2.05, 4.69) is 17.1 Å². The number of carbonyl (C=O) groups is 2. The number of carbonyl (C=O) groups excluding carboxylic acids is 2. The molecule has 1 atom stereocenters. The molecule has 3 fully saturated rings. The van der Waals surface area contributed by atoms with Gasteiger partial charge in [-0.15, -0.1) is 0 Å². The number of rotatable bonds is 3. The minimum atomic E-state index is 0.0163. The van der Waals surface area contributed by atoms with Gasteiger partial charge in [0.25, 0.3) is 0 Å². The Morgan fingerprint density at radius 2 is 1.79 bits per heavy atom. The fraction of sp³-hybridized carbons (Fsp3) is 0.762. The predicted molar refractivity (Wildman–Crippen MR) is 105 cm³/mol. The van der Waals surface area contributed by atoms with Crippen molar-refractivity contribution in [2.24, 2.45) is 5.41 Å². The zero-order valence-corrected chi connectivity index (χ0v) is 17.4. The van der Waals surface area contributed by atoms with Crippen LogP contribution >= 0.6 is 0 Å². The fourth-order valence-corrected chi connectivity index (χ4v) is 5.30. The molecule has 0 bridgehead atoms. The van der Waals surface area contributed by atoms with Crippen LogP contribution in [0.25, 0.3) is 0 Å². The van der Waals surface area contributed by atoms with E-state index in [1.165, 1.54) is 0 Å². The molecule has 154 valence electrons. The molecular formula is C21H32N4O3. The van der Waals surface area contributed by atoms with Crippen molar-refractivity contribution in [1.82, 2.24) is 19.9 Å². The molecule has 7 heteroatoms. The Kier molecular flexibility index (Phi) is 5.21. The van der Waals surface area contributed by atoms with Crippen molar-refractivity contribution in [3.8, 4) is 0 Å². The van der Waals surface area contributed by atoms with Gasteiger partial charge in [0, 0.05) is 38.3 Å². The van der Waals surface area contributed by atoms with Crippen LogP contribution in [0, 0.1) is 19.3 Å². The SMILES string of the molecule is Cc1noc(C)c1CC(=O)N1CCC2(CC1)CC(C(=O)N1CCCC1)N(C)C2. The molecule has 2 amide bonds. The lowest BCUT2D eigenvalue weighted by atomic mass is 9.76. The molecule has 3 aliphatic heterocycles. The lowest BCUT2D eigenvalue weighted by Gasteiger charge is -2.39. The number of likely N-dealkylation sites (N-methyl/N-ethyl adjacent to an activating group) is 1. The lowest BCUT2D eigenvalue weighted by molar-refractivity contribution is -0.135. The minimum absolute atomic E-state index is 0.0163. The molecule has 7 nitrogen and oxygen atoms in total. The molecule has 0 aliphatic carbocycles. The maximum atomic E-state index is 12.9. The van der Waals surface area contributed by atoms with Gasteiger partial charge >= 0.3 is 0 Å². The zero-order valence-electron chi connectivity index (χ0n) is 17.4. The minimum Gasteiger partial charge on any atom is -0.361 e. The highest BCUT2D eigenvalue weighted by atomic mass is 16.5. The first-order valence-corrected chi connectivity index (χ1v) is 10.6. The van der Waals surface area contributed by atoms with Gasteiger partial charge in [-0.05, 0) is 58.4 Å². The highest BCUT2D eigenvalue weighted by molar-refractivity contribution is 5.82. The summed E-state index contributed by atoms with van der Waals surface area (Å²) in [5.74, 6) is 1.20. The van der Waals surface area contributed by atoms with Gasteiger partial charge in [0.2, 0.25) is 11.8 Å². The third-order valence-corrected chi connectivity index (χ3v) is 7.13. The first kappa shape index (κ1) is 19.4. The second-order valence-corrected chi connectivity index (χ2v) is 9.03. The molecule has 28 heavy (non-hydrogen) atoms. The van der Waals surface area contributed by atoms with Crippen LogP contribution in [0.5, 0.6) is 0 Å². The monoisotopic (exact) mass is 388 g/mol. The Labute approximate surface area is 167 Å². The van der Waals surface area contributed by atoms with Crippen LogP contribution < -0.4 is 0 Å². The molecule has 3 saturated heterocycles. The number of hydrogen-bond donors (Lipinski definition) is 0. The van der Waals surface area contributed by atoms with Crippen molar-refractivity contribution < 1.29 is 14.1 Å². The van der Waals surface area contributed by atoms with Crippen molar-refractivity contribution in [1.29, 1.82) is 0 Å². The molecule has 4 heterocycles. The average molecular weight is 389 g/mol. The van der Waals surface area contributed by atoms with Crippen molar-refractivity contribution in [2.75, 3.05) is 39.8 Å². The molecule has 1 aromatic rings. The normalized spacial score (nSPS) is 25.0. The first-order chi connectivity index (χ1) is 13.4. The summed E-state index contributed by atoms with van der Waals surface area (Å²) in [7, 11) is 2.09. The average Bonchev–Trinajstić information content (AvgIpc) is 3.39. The molecule has 0 saturated carbocycles. The van der Waals surface area contributed by atoms with Gasteiger partial charge in [0.05, 0.1) is 18.2 Å². The number of piperidine rings is 1. The maximum absolute atomic E-state index is 12.9. The zero-order chi connectivity index (χ0) is 19.9. The summed E-state index contributed by atoms with van der Waals surface area (Å²) in [6.45, 7) is 8.10. The van der Waals surface area contributed by atoms with E-state index in [-0.39, 0.29) is 17.4 Å². The van der Waals surface area contributed by atoms with E-state index in [1.807, 2.05) is 23.6 Å². The molecular weight excluding hydrogens is 356 g/mol. The summed E-state index contributed by atoms with van der Waals surface area (Å²) < 4.78 is 5.19. The summed E-state index contributed by atoms with van der Waals surface area (Å²) in [5, 5.41) is 3.95. The lowest BCUT2D eigenvalue weighted by Crippen LogP contribution is -2.44. The van der Waals surface area contributed by atoms with Crippen molar-refractivity contribution in [3.05, 3.63) is 17.0 Å². The van der Waals surface area contributed by atoms with Crippen LogP contribution in [-0.2, 0) is 16.0 Å². The molecule has 4 rings (SSSR count). The number of nitrogens with zero attached hydrogens (tertiary/aromatic N) is 4. The largest absolute Gasteiger partial charge is 0.361 e. The van der Waals surface area contributed by atoms with Crippen LogP contribution in [0.2, 0.25) is 0 Å². The topological polar surface area (TPSA) is 69.9 Å². The summed E-state index contributed by atoms with van der Waals surface area (Å²) in [6.07, 6.45) is 5.53. The Morgan fingerprint density at radius 3 is 2.39 bits per heavy atom. The van der Waals surface area contributed by atoms with Crippen LogP contribution in [0.15, 0.2) is 4.52 Å². The highest BCUT2D eigenvalue weighted by Crippen LogP contribution is 2.43. The quantitative estimate of drug-likeness (QED) is 0.789. The molecule has 3 aliphatic rings. The van der Waals surface area contributed by atoms with E-state index in [1.54, 1.807) is 0 Å². The molecule has 0 N–H and O–H groups in total. The second kappa shape index (κ2) is 7.50. The van der Waals surface area contributed by atoms with E-state index in [9.17, 15) is 9.59 Å². The van der Waals surface area contributed by atoms with Crippen molar-refractivity contribution in [3.63, 3.8) is 0 Å². The summed E-state index contributed by atoms with van der Waals surface area (Å²) in [4.78, 5) is 31.9. The van der Waals surface area contributed by atoms with Crippen LogP contribution in [0.4, 0.5) is 0 Å². The van der Waals surface area contributed by atoms with Crippen LogP contribution in [-0.4, -0.2) is 77.5 Å². The van der Waals surface area contributed by atoms with Gasteiger partial charge in [-0.1, -0.05) is 5.16 Å². The van der Waals surface area contributed by atoms with Gasteiger partial charge in [-0.3, -0.25) is 14.5 Å². The Bertz CT molecular complexity index is 725. The van der Waals surface area contributed by atoms with E-state index in [0.29, 0.717) is 12.3 Å². The number of likely N-dealkylation sites (tertiary alicyclic amines) is 3. The van der Waals surface area contributed by atoms with Crippen molar-refractivity contribution in [2.45, 2.75) is 58.4 Å². The number of amides is 2. The van der Waals surface area contributed by atoms with Crippen molar-refractivity contribution >= 4 is 11.8 Å². The summed E-state index contributed by atoms with van der Waals surface area (Å²) in [5.41, 5.74) is 1.90. The van der Waals surface area contributed by atoms with Gasteiger partial charge in [0.15, 0.2) is 0 Å². The molecule has 0 radical (unpaired) electrons. The standard InChI is InChI=1S/C21H32N4O3/c1-15-17(16(2)28-22-15)12-19(26)24-10-6-21(7-11-24)13-18(23(3)14-21)20(27)25-8-4-5-9-25/h18H,4-14H2,1-3H3. The molecule has 1 unspecified atom stereocenters. The summed E-state index contributed by atoms with van der Waals surface area (Å²) in [6, 6.07) is 0.0163. The second-order valence-electron chi connectivity index (χ2n) is 9.03. The van der Waals surface area contributed by atoms with Crippen LogP contribution in [0.1, 0.15) is 49.1 Å². The fourth-order valence-electron chi connectivity index (χ4n) is 5.30. The molecule has 1 spiro atoms. The van der Waals surface area contributed by atoms with Crippen LogP contribution in [0.3, 0.4) is 0 Å². The number of aryl methyl sites for hydroxylation is 2. The van der Waals surface area contributed by atoms with E-state index < -0.39 is 0 Å². The van der Waals surface area contributed by atoms with Gasteiger partial charge < -0.3 is 14.3 Å². The molecule has 0 aromatic carbocycles.